The van der Waals surface area contributed by atoms with Crippen molar-refractivity contribution in [3.63, 3.8) is 0 Å². The molecule has 0 radical (unpaired) electrons. The van der Waals surface area contributed by atoms with Gasteiger partial charge in [0.05, 0.1) is 30.8 Å². The Morgan fingerprint density at radius 2 is 1.89 bits per heavy atom. The molecule has 0 amide bonds. The average molecular weight is 415 g/mol. The second-order valence-electron chi connectivity index (χ2n) is 7.57. The third-order valence-corrected chi connectivity index (χ3v) is 6.65. The highest BCUT2D eigenvalue weighted by Gasteiger charge is 2.36. The summed E-state index contributed by atoms with van der Waals surface area (Å²) in [5.41, 5.74) is 1.22. The number of hydrogen-bond donors (Lipinski definition) is 2. The molecule has 5 nitrogen and oxygen atoms in total. The van der Waals surface area contributed by atoms with Gasteiger partial charge in [0.2, 0.25) is 0 Å². The molecule has 162 valence electrons. The molecule has 0 aromatic rings. The van der Waals surface area contributed by atoms with Crippen molar-refractivity contribution >= 4 is 23.7 Å². The second-order valence-corrected chi connectivity index (χ2v) is 8.82. The zero-order valence-corrected chi connectivity index (χ0v) is 18.3. The molecule has 2 N–H and O–H groups in total. The Bertz CT molecular complexity index is 491. The normalized spacial score (nSPS) is 23.7. The number of carbonyl (C=O) groups excluding carboxylic acids is 1. The first kappa shape index (κ1) is 25.0. The molecule has 0 spiro atoms. The van der Waals surface area contributed by atoms with Crippen LogP contribution in [0.2, 0.25) is 0 Å². The summed E-state index contributed by atoms with van der Waals surface area (Å²) in [6.45, 7) is 4.38. The largest absolute Gasteiger partial charge is 0.481 e. The van der Waals surface area contributed by atoms with Crippen LogP contribution in [0.25, 0.3) is 0 Å². The number of hydrogen-bond acceptors (Lipinski definition) is 5. The van der Waals surface area contributed by atoms with E-state index < -0.39 is 12.1 Å². The van der Waals surface area contributed by atoms with Crippen LogP contribution in [-0.2, 0) is 14.3 Å². The Hall–Kier alpha value is -1.01. The van der Waals surface area contributed by atoms with Crippen molar-refractivity contribution in [2.75, 3.05) is 12.4 Å². The lowest BCUT2D eigenvalue weighted by molar-refractivity contribution is -0.142. The van der Waals surface area contributed by atoms with Crippen LogP contribution in [0.3, 0.4) is 0 Å². The third kappa shape index (κ3) is 9.97. The summed E-state index contributed by atoms with van der Waals surface area (Å²) >= 11 is 1.56. The van der Waals surface area contributed by atoms with Gasteiger partial charge in [0, 0.05) is 5.75 Å². The number of thioether (sulfide) groups is 1. The number of allylic oxidation sites excluding steroid dienone is 1. The number of carboxylic acid groups (broad SMARTS) is 1. The summed E-state index contributed by atoms with van der Waals surface area (Å²) in [4.78, 5) is 22.7. The van der Waals surface area contributed by atoms with Crippen molar-refractivity contribution < 1.29 is 24.5 Å². The van der Waals surface area contributed by atoms with Gasteiger partial charge in [0.1, 0.15) is 0 Å². The summed E-state index contributed by atoms with van der Waals surface area (Å²) in [5.74, 6) is -0.725. The summed E-state index contributed by atoms with van der Waals surface area (Å²) in [7, 11) is 0. The molecule has 1 aliphatic carbocycles. The van der Waals surface area contributed by atoms with Crippen LogP contribution in [0.1, 0.15) is 84.5 Å². The summed E-state index contributed by atoms with van der Waals surface area (Å²) < 4.78 is 4.97. The highest BCUT2D eigenvalue weighted by atomic mass is 32.2. The van der Waals surface area contributed by atoms with Gasteiger partial charge in [0.25, 0.3) is 0 Å². The number of carbonyl (C=O) groups is 2. The minimum Gasteiger partial charge on any atom is -0.481 e. The molecule has 0 bridgehead atoms. The van der Waals surface area contributed by atoms with E-state index in [0.29, 0.717) is 25.2 Å². The van der Waals surface area contributed by atoms with Crippen LogP contribution in [-0.4, -0.2) is 45.9 Å². The van der Waals surface area contributed by atoms with E-state index in [1.165, 1.54) is 37.7 Å². The quantitative estimate of drug-likeness (QED) is 0.237. The first-order chi connectivity index (χ1) is 13.5. The van der Waals surface area contributed by atoms with Gasteiger partial charge in [-0.05, 0) is 38.5 Å². The van der Waals surface area contributed by atoms with Crippen molar-refractivity contribution in [1.29, 1.82) is 0 Å². The lowest BCUT2D eigenvalue weighted by Gasteiger charge is -2.36. The zero-order chi connectivity index (χ0) is 20.8. The number of rotatable bonds is 14. The lowest BCUT2D eigenvalue weighted by Crippen LogP contribution is -2.38. The van der Waals surface area contributed by atoms with Gasteiger partial charge in [-0.2, -0.15) is 11.8 Å². The van der Waals surface area contributed by atoms with E-state index >= 15 is 0 Å². The molecular weight excluding hydrogens is 376 g/mol. The fourth-order valence-electron chi connectivity index (χ4n) is 3.72. The molecule has 1 rings (SSSR count). The standard InChI is InChI=1S/C22H38O5S/c1-3-5-6-7-8-9-10-11-17-12-13-18(16-19(23)24)21(26)22(17)28-15-14-20(25)27-4-2/h11,18,21-22,26H,3-10,12-16H2,1-2H3,(H,23,24)/b17-11+/t18-,21-,22-/m1/s1. The van der Waals surface area contributed by atoms with Gasteiger partial charge < -0.3 is 14.9 Å². The van der Waals surface area contributed by atoms with Crippen molar-refractivity contribution in [3.05, 3.63) is 11.6 Å². The van der Waals surface area contributed by atoms with E-state index in [1.54, 1.807) is 18.7 Å². The van der Waals surface area contributed by atoms with E-state index in [2.05, 4.69) is 13.0 Å². The maximum absolute atomic E-state index is 11.6. The predicted octanol–water partition coefficient (Wildman–Crippen LogP) is 4.96. The van der Waals surface area contributed by atoms with Crippen molar-refractivity contribution in [1.82, 2.24) is 0 Å². The van der Waals surface area contributed by atoms with Crippen LogP contribution < -0.4 is 0 Å². The lowest BCUT2D eigenvalue weighted by atomic mass is 9.80. The molecule has 1 aliphatic rings. The molecular formula is C22H38O5S. The van der Waals surface area contributed by atoms with Crippen molar-refractivity contribution in [2.45, 2.75) is 95.8 Å². The van der Waals surface area contributed by atoms with Crippen molar-refractivity contribution in [2.24, 2.45) is 5.92 Å². The molecule has 0 aromatic carbocycles. The Labute approximate surface area is 174 Å². The van der Waals surface area contributed by atoms with Crippen LogP contribution in [0.4, 0.5) is 0 Å². The number of aliphatic carboxylic acids is 1. The fourth-order valence-corrected chi connectivity index (χ4v) is 5.10. The number of aliphatic hydroxyl groups excluding tert-OH is 1. The van der Waals surface area contributed by atoms with E-state index in [1.807, 2.05) is 0 Å². The summed E-state index contributed by atoms with van der Waals surface area (Å²) in [6, 6.07) is 0. The van der Waals surface area contributed by atoms with Gasteiger partial charge in [-0.3, -0.25) is 9.59 Å². The smallest absolute Gasteiger partial charge is 0.306 e. The number of aliphatic hydroxyl groups is 1. The molecule has 0 saturated heterocycles. The summed E-state index contributed by atoms with van der Waals surface area (Å²) in [6.07, 6.45) is 12.0. The van der Waals surface area contributed by atoms with E-state index in [4.69, 9.17) is 9.84 Å². The van der Waals surface area contributed by atoms with Crippen LogP contribution in [0.5, 0.6) is 0 Å². The Kier molecular flexibility index (Phi) is 13.3. The first-order valence-electron chi connectivity index (χ1n) is 10.9. The molecule has 6 heteroatoms. The Balaban J connectivity index is 2.58. The van der Waals surface area contributed by atoms with Crippen LogP contribution in [0, 0.1) is 5.92 Å². The molecule has 1 saturated carbocycles. The maximum atomic E-state index is 11.6. The third-order valence-electron chi connectivity index (χ3n) is 5.27. The molecule has 0 unspecified atom stereocenters. The summed E-state index contributed by atoms with van der Waals surface area (Å²) in [5, 5.41) is 19.8. The topological polar surface area (TPSA) is 83.8 Å². The Morgan fingerprint density at radius 1 is 1.18 bits per heavy atom. The molecule has 28 heavy (non-hydrogen) atoms. The number of carboxylic acids is 1. The maximum Gasteiger partial charge on any atom is 0.306 e. The predicted molar refractivity (Wildman–Crippen MR) is 115 cm³/mol. The van der Waals surface area contributed by atoms with Gasteiger partial charge in [-0.25, -0.2) is 0 Å². The molecule has 3 atom stereocenters. The van der Waals surface area contributed by atoms with Gasteiger partial charge >= 0.3 is 11.9 Å². The van der Waals surface area contributed by atoms with Crippen LogP contribution >= 0.6 is 11.8 Å². The molecule has 1 fully saturated rings. The highest BCUT2D eigenvalue weighted by molar-refractivity contribution is 8.00. The van der Waals surface area contributed by atoms with E-state index in [0.717, 1.165) is 19.3 Å². The molecule has 0 aromatic heterocycles. The first-order valence-corrected chi connectivity index (χ1v) is 11.9. The molecule has 0 heterocycles. The fraction of sp³-hybridized carbons (Fsp3) is 0.818. The zero-order valence-electron chi connectivity index (χ0n) is 17.5. The minimum atomic E-state index is -0.862. The van der Waals surface area contributed by atoms with Gasteiger partial charge in [0.15, 0.2) is 0 Å². The minimum absolute atomic E-state index is 0.000805. The average Bonchev–Trinajstić information content (AvgIpc) is 2.65. The number of esters is 1. The molecule has 0 aliphatic heterocycles. The SMILES string of the molecule is CCCCCCCC/C=C1\CC[C@H](CC(=O)O)[C@@H](O)[C@@H]1SCCC(=O)OCC. The van der Waals surface area contributed by atoms with E-state index in [9.17, 15) is 14.7 Å². The van der Waals surface area contributed by atoms with E-state index in [-0.39, 0.29) is 23.6 Å². The second kappa shape index (κ2) is 14.9. The van der Waals surface area contributed by atoms with Crippen molar-refractivity contribution in [3.8, 4) is 0 Å². The number of unbranched alkanes of at least 4 members (excludes halogenated alkanes) is 6. The number of ether oxygens (including phenoxy) is 1. The monoisotopic (exact) mass is 414 g/mol. The van der Waals surface area contributed by atoms with Gasteiger partial charge in [-0.15, -0.1) is 0 Å². The van der Waals surface area contributed by atoms with Crippen LogP contribution in [0.15, 0.2) is 11.6 Å². The van der Waals surface area contributed by atoms with Gasteiger partial charge in [-0.1, -0.05) is 50.7 Å². The highest BCUT2D eigenvalue weighted by Crippen LogP contribution is 2.38. The Morgan fingerprint density at radius 3 is 2.57 bits per heavy atom.